The second-order valence-electron chi connectivity index (χ2n) is 3.92. The first-order chi connectivity index (χ1) is 9.13. The maximum absolute atomic E-state index is 11.1. The molecule has 19 heavy (non-hydrogen) atoms. The van der Waals surface area contributed by atoms with Crippen molar-refractivity contribution < 1.29 is 9.53 Å². The lowest BCUT2D eigenvalue weighted by atomic mass is 10.4. The molecule has 7 nitrogen and oxygen atoms in total. The van der Waals surface area contributed by atoms with Crippen molar-refractivity contribution >= 4 is 11.6 Å². The van der Waals surface area contributed by atoms with E-state index < -0.39 is 5.91 Å². The van der Waals surface area contributed by atoms with E-state index in [9.17, 15) is 4.79 Å². The van der Waals surface area contributed by atoms with Crippen LogP contribution in [0.2, 0.25) is 0 Å². The van der Waals surface area contributed by atoms with Crippen molar-refractivity contribution in [2.75, 3.05) is 12.3 Å². The molecule has 100 valence electrons. The van der Waals surface area contributed by atoms with Crippen molar-refractivity contribution in [1.29, 1.82) is 0 Å². The van der Waals surface area contributed by atoms with E-state index >= 15 is 0 Å². The van der Waals surface area contributed by atoms with Crippen LogP contribution in [-0.2, 0) is 0 Å². The molecule has 2 heterocycles. The topological polar surface area (TPSA) is 109 Å². The molecule has 0 saturated carbocycles. The number of rotatable bonds is 5. The fraction of sp³-hybridized carbons (Fsp3) is 0.250. The number of nitrogens with two attached hydrogens (primary N) is 2. The summed E-state index contributed by atoms with van der Waals surface area (Å²) < 4.78 is 6.96. The molecule has 0 spiro atoms. The summed E-state index contributed by atoms with van der Waals surface area (Å²) in [4.78, 5) is 15.3. The number of anilines is 1. The summed E-state index contributed by atoms with van der Waals surface area (Å²) in [5.41, 5.74) is 11.1. The summed E-state index contributed by atoms with van der Waals surface area (Å²) in [6, 6.07) is 3.54. The Balaban J connectivity index is 2.41. The minimum atomic E-state index is -0.678. The molecule has 0 saturated heterocycles. The maximum Gasteiger partial charge on any atom is 0.271 e. The SMILES string of the molecule is CCCOc1cccnc1-n1cc(N)c(C(N)=O)n1. The van der Waals surface area contributed by atoms with Crippen LogP contribution in [0.25, 0.3) is 5.82 Å². The Labute approximate surface area is 110 Å². The molecule has 0 bridgehead atoms. The Kier molecular flexibility index (Phi) is 3.65. The molecule has 0 unspecified atom stereocenters. The van der Waals surface area contributed by atoms with Crippen LogP contribution in [0.5, 0.6) is 5.75 Å². The van der Waals surface area contributed by atoms with Gasteiger partial charge in [-0.3, -0.25) is 4.79 Å². The van der Waals surface area contributed by atoms with Crippen LogP contribution in [0.1, 0.15) is 23.8 Å². The van der Waals surface area contributed by atoms with E-state index in [0.717, 1.165) is 6.42 Å². The number of nitrogen functional groups attached to an aromatic ring is 1. The van der Waals surface area contributed by atoms with E-state index in [2.05, 4.69) is 10.1 Å². The normalized spacial score (nSPS) is 10.4. The van der Waals surface area contributed by atoms with Crippen LogP contribution >= 0.6 is 0 Å². The van der Waals surface area contributed by atoms with E-state index in [1.165, 1.54) is 10.9 Å². The lowest BCUT2D eigenvalue weighted by Gasteiger charge is -2.08. The van der Waals surface area contributed by atoms with Gasteiger partial charge in [0.25, 0.3) is 5.91 Å². The number of nitrogens with zero attached hydrogens (tertiary/aromatic N) is 3. The van der Waals surface area contributed by atoms with E-state index in [1.54, 1.807) is 18.3 Å². The van der Waals surface area contributed by atoms with Crippen LogP contribution in [0.3, 0.4) is 0 Å². The molecule has 7 heteroatoms. The van der Waals surface area contributed by atoms with Crippen LogP contribution in [-0.4, -0.2) is 27.3 Å². The average molecular weight is 261 g/mol. The molecule has 2 aromatic heterocycles. The molecule has 2 rings (SSSR count). The summed E-state index contributed by atoms with van der Waals surface area (Å²) in [6.07, 6.45) is 3.97. The third-order valence-corrected chi connectivity index (χ3v) is 2.41. The van der Waals surface area contributed by atoms with Crippen LogP contribution in [0.4, 0.5) is 5.69 Å². The predicted octanol–water partition coefficient (Wildman–Crippen LogP) is 0.737. The van der Waals surface area contributed by atoms with Gasteiger partial charge in [-0.15, -0.1) is 0 Å². The number of carbonyl (C=O) groups excluding carboxylic acids is 1. The van der Waals surface area contributed by atoms with Gasteiger partial charge in [-0.05, 0) is 18.6 Å². The number of amides is 1. The number of ether oxygens (including phenoxy) is 1. The van der Waals surface area contributed by atoms with Gasteiger partial charge in [0.15, 0.2) is 17.3 Å². The minimum Gasteiger partial charge on any atom is -0.490 e. The summed E-state index contributed by atoms with van der Waals surface area (Å²) >= 11 is 0. The Morgan fingerprint density at radius 3 is 2.95 bits per heavy atom. The molecular formula is C12H15N5O2. The van der Waals surface area contributed by atoms with Gasteiger partial charge < -0.3 is 16.2 Å². The van der Waals surface area contributed by atoms with Crippen LogP contribution < -0.4 is 16.2 Å². The Morgan fingerprint density at radius 2 is 2.32 bits per heavy atom. The maximum atomic E-state index is 11.1. The molecule has 0 atom stereocenters. The number of pyridine rings is 1. The zero-order valence-corrected chi connectivity index (χ0v) is 10.5. The molecule has 2 aromatic rings. The number of carbonyl (C=O) groups is 1. The number of hydrogen-bond acceptors (Lipinski definition) is 5. The Bertz CT molecular complexity index is 594. The van der Waals surface area contributed by atoms with Crippen LogP contribution in [0, 0.1) is 0 Å². The molecule has 0 aromatic carbocycles. The van der Waals surface area contributed by atoms with Gasteiger partial charge in [0.2, 0.25) is 0 Å². The van der Waals surface area contributed by atoms with E-state index in [-0.39, 0.29) is 11.4 Å². The highest BCUT2D eigenvalue weighted by atomic mass is 16.5. The monoisotopic (exact) mass is 261 g/mol. The fourth-order valence-corrected chi connectivity index (χ4v) is 1.57. The highest BCUT2D eigenvalue weighted by molar-refractivity contribution is 5.95. The zero-order chi connectivity index (χ0) is 13.8. The molecular weight excluding hydrogens is 246 g/mol. The van der Waals surface area contributed by atoms with Gasteiger partial charge in [0, 0.05) is 6.20 Å². The smallest absolute Gasteiger partial charge is 0.271 e. The summed E-state index contributed by atoms with van der Waals surface area (Å²) in [6.45, 7) is 2.57. The number of primary amides is 1. The molecule has 0 aliphatic rings. The predicted molar refractivity (Wildman–Crippen MR) is 70.1 cm³/mol. The molecule has 0 fully saturated rings. The molecule has 0 aliphatic heterocycles. The molecule has 1 amide bonds. The van der Waals surface area contributed by atoms with Gasteiger partial charge >= 0.3 is 0 Å². The van der Waals surface area contributed by atoms with Crippen molar-refractivity contribution in [2.24, 2.45) is 5.73 Å². The highest BCUT2D eigenvalue weighted by Gasteiger charge is 2.15. The molecule has 0 radical (unpaired) electrons. The van der Waals surface area contributed by atoms with E-state index in [1.807, 2.05) is 6.92 Å². The van der Waals surface area contributed by atoms with Gasteiger partial charge in [-0.25, -0.2) is 9.67 Å². The Morgan fingerprint density at radius 1 is 1.53 bits per heavy atom. The first kappa shape index (κ1) is 12.9. The van der Waals surface area contributed by atoms with Crippen molar-refractivity contribution in [2.45, 2.75) is 13.3 Å². The minimum absolute atomic E-state index is 0.0205. The quantitative estimate of drug-likeness (QED) is 0.824. The molecule has 4 N–H and O–H groups in total. The van der Waals surface area contributed by atoms with Crippen molar-refractivity contribution in [3.05, 3.63) is 30.2 Å². The largest absolute Gasteiger partial charge is 0.490 e. The zero-order valence-electron chi connectivity index (χ0n) is 10.5. The second kappa shape index (κ2) is 5.38. The van der Waals surface area contributed by atoms with Crippen molar-refractivity contribution in [3.8, 4) is 11.6 Å². The fourth-order valence-electron chi connectivity index (χ4n) is 1.57. The Hall–Kier alpha value is -2.57. The third kappa shape index (κ3) is 2.65. The second-order valence-corrected chi connectivity index (χ2v) is 3.92. The highest BCUT2D eigenvalue weighted by Crippen LogP contribution is 2.21. The van der Waals surface area contributed by atoms with Gasteiger partial charge in [-0.1, -0.05) is 6.92 Å². The number of hydrogen-bond donors (Lipinski definition) is 2. The lowest BCUT2D eigenvalue weighted by Crippen LogP contribution is -2.14. The van der Waals surface area contributed by atoms with Gasteiger partial charge in [0.1, 0.15) is 0 Å². The van der Waals surface area contributed by atoms with Crippen molar-refractivity contribution in [1.82, 2.24) is 14.8 Å². The third-order valence-electron chi connectivity index (χ3n) is 2.41. The van der Waals surface area contributed by atoms with Crippen molar-refractivity contribution in [3.63, 3.8) is 0 Å². The van der Waals surface area contributed by atoms with Crippen LogP contribution in [0.15, 0.2) is 24.5 Å². The van der Waals surface area contributed by atoms with E-state index in [0.29, 0.717) is 18.2 Å². The summed E-state index contributed by atoms with van der Waals surface area (Å²) in [5, 5.41) is 4.02. The van der Waals surface area contributed by atoms with E-state index in [4.69, 9.17) is 16.2 Å². The summed E-state index contributed by atoms with van der Waals surface area (Å²) in [7, 11) is 0. The first-order valence-electron chi connectivity index (χ1n) is 5.86. The first-order valence-corrected chi connectivity index (χ1v) is 5.86. The average Bonchev–Trinajstić information content (AvgIpc) is 2.79. The van der Waals surface area contributed by atoms with Gasteiger partial charge in [0.05, 0.1) is 18.5 Å². The lowest BCUT2D eigenvalue weighted by molar-refractivity contribution is 0.0996. The standard InChI is InChI=1S/C12H15N5O2/c1-2-6-19-9-4-3-5-15-12(9)17-7-8(13)10(16-17)11(14)18/h3-5,7H,2,6,13H2,1H3,(H2,14,18). The summed E-state index contributed by atoms with van der Waals surface area (Å²) in [5.74, 6) is 0.362. The van der Waals surface area contributed by atoms with Gasteiger partial charge in [-0.2, -0.15) is 5.10 Å². The molecule has 0 aliphatic carbocycles. The number of aromatic nitrogens is 3.